The quantitative estimate of drug-likeness (QED) is 0.583. The number of anilines is 2. The number of hydrogen-bond acceptors (Lipinski definition) is 7. The third kappa shape index (κ3) is 5.71. The lowest BCUT2D eigenvalue weighted by molar-refractivity contribution is -0.146. The molecule has 1 heterocycles. The highest BCUT2D eigenvalue weighted by molar-refractivity contribution is 5.97. The topological polar surface area (TPSA) is 132 Å². The lowest BCUT2D eigenvalue weighted by Gasteiger charge is -2.09. The Labute approximate surface area is 171 Å². The van der Waals surface area contributed by atoms with Gasteiger partial charge in [0.2, 0.25) is 12.7 Å². The normalized spacial score (nSPS) is 11.4. The fourth-order valence-corrected chi connectivity index (χ4v) is 2.53. The van der Waals surface area contributed by atoms with Crippen molar-refractivity contribution in [3.8, 4) is 11.5 Å². The molecule has 0 saturated heterocycles. The highest BCUT2D eigenvalue weighted by atomic mass is 16.7. The van der Waals surface area contributed by atoms with E-state index in [-0.39, 0.29) is 12.7 Å². The number of esters is 1. The Bertz CT molecular complexity index is 973. The smallest absolute Gasteiger partial charge is 0.325 e. The monoisotopic (exact) mass is 413 g/mol. The molecular weight excluding hydrogens is 394 g/mol. The van der Waals surface area contributed by atoms with Gasteiger partial charge < -0.3 is 30.2 Å². The maximum absolute atomic E-state index is 12.1. The maximum Gasteiger partial charge on any atom is 0.325 e. The average molecular weight is 413 g/mol. The molecule has 0 saturated carbocycles. The summed E-state index contributed by atoms with van der Waals surface area (Å²) >= 11 is 0. The Balaban J connectivity index is 1.39. The Morgan fingerprint density at radius 2 is 1.60 bits per heavy atom. The number of benzene rings is 2. The molecule has 10 nitrogen and oxygen atoms in total. The van der Waals surface area contributed by atoms with E-state index >= 15 is 0 Å². The van der Waals surface area contributed by atoms with Crippen LogP contribution in [0.4, 0.5) is 11.4 Å². The lowest BCUT2D eigenvalue weighted by Crippen LogP contribution is -2.32. The van der Waals surface area contributed by atoms with Gasteiger partial charge in [0.15, 0.2) is 18.1 Å². The molecule has 10 heteroatoms. The predicted octanol–water partition coefficient (Wildman–Crippen LogP) is 1.29. The first kappa shape index (κ1) is 20.6. The number of hydrogen-bond donors (Lipinski definition) is 3. The summed E-state index contributed by atoms with van der Waals surface area (Å²) in [7, 11) is 0. The van der Waals surface area contributed by atoms with E-state index in [9.17, 15) is 19.2 Å². The van der Waals surface area contributed by atoms with E-state index in [0.717, 1.165) is 0 Å². The SMILES string of the molecule is CC(=O)Nc1ccc(NC(=O)COC(=O)CNC(=O)c2ccc3c(c2)OCO3)cc1. The minimum atomic E-state index is -0.764. The van der Waals surface area contributed by atoms with Crippen LogP contribution in [0.25, 0.3) is 0 Å². The summed E-state index contributed by atoms with van der Waals surface area (Å²) < 4.78 is 15.2. The van der Waals surface area contributed by atoms with Gasteiger partial charge in [0.05, 0.1) is 0 Å². The van der Waals surface area contributed by atoms with Crippen molar-refractivity contribution < 1.29 is 33.4 Å². The Morgan fingerprint density at radius 3 is 2.30 bits per heavy atom. The average Bonchev–Trinajstić information content (AvgIpc) is 3.19. The first-order valence-electron chi connectivity index (χ1n) is 8.91. The van der Waals surface area contributed by atoms with Gasteiger partial charge in [0, 0.05) is 23.9 Å². The van der Waals surface area contributed by atoms with Gasteiger partial charge in [-0.15, -0.1) is 0 Å². The highest BCUT2D eigenvalue weighted by Gasteiger charge is 2.17. The van der Waals surface area contributed by atoms with Crippen molar-refractivity contribution in [2.45, 2.75) is 6.92 Å². The van der Waals surface area contributed by atoms with Crippen molar-refractivity contribution in [2.24, 2.45) is 0 Å². The maximum atomic E-state index is 12.1. The van der Waals surface area contributed by atoms with E-state index in [4.69, 9.17) is 14.2 Å². The van der Waals surface area contributed by atoms with Gasteiger partial charge in [-0.3, -0.25) is 19.2 Å². The Hall–Kier alpha value is -4.08. The molecule has 0 unspecified atom stereocenters. The van der Waals surface area contributed by atoms with Crippen molar-refractivity contribution in [3.63, 3.8) is 0 Å². The summed E-state index contributed by atoms with van der Waals surface area (Å²) in [6.07, 6.45) is 0. The van der Waals surface area contributed by atoms with E-state index in [2.05, 4.69) is 16.0 Å². The molecule has 0 aromatic heterocycles. The zero-order valence-corrected chi connectivity index (χ0v) is 16.0. The fraction of sp³-hybridized carbons (Fsp3) is 0.200. The number of nitrogens with one attached hydrogen (secondary N) is 3. The fourth-order valence-electron chi connectivity index (χ4n) is 2.53. The summed E-state index contributed by atoms with van der Waals surface area (Å²) in [5, 5.41) is 7.56. The molecule has 30 heavy (non-hydrogen) atoms. The van der Waals surface area contributed by atoms with Gasteiger partial charge in [-0.25, -0.2) is 0 Å². The third-order valence-corrected chi connectivity index (χ3v) is 3.88. The molecule has 1 aliphatic heterocycles. The van der Waals surface area contributed by atoms with Crippen molar-refractivity contribution in [3.05, 3.63) is 48.0 Å². The largest absolute Gasteiger partial charge is 0.454 e. The molecule has 0 atom stereocenters. The zero-order chi connectivity index (χ0) is 21.5. The van der Waals surface area contributed by atoms with Crippen LogP contribution in [-0.4, -0.2) is 43.6 Å². The summed E-state index contributed by atoms with van der Waals surface area (Å²) in [5.74, 6) is -1.01. The van der Waals surface area contributed by atoms with Crippen LogP contribution in [0.2, 0.25) is 0 Å². The van der Waals surface area contributed by atoms with Crippen LogP contribution in [-0.2, 0) is 19.1 Å². The third-order valence-electron chi connectivity index (χ3n) is 3.88. The zero-order valence-electron chi connectivity index (χ0n) is 16.0. The molecule has 3 rings (SSSR count). The van der Waals surface area contributed by atoms with Gasteiger partial charge in [0.1, 0.15) is 6.54 Å². The number of fused-ring (bicyclic) bond motifs is 1. The minimum Gasteiger partial charge on any atom is -0.454 e. The van der Waals surface area contributed by atoms with Crippen LogP contribution in [0.1, 0.15) is 17.3 Å². The first-order valence-corrected chi connectivity index (χ1v) is 8.91. The van der Waals surface area contributed by atoms with Gasteiger partial charge >= 0.3 is 5.97 Å². The molecule has 156 valence electrons. The number of rotatable bonds is 7. The highest BCUT2D eigenvalue weighted by Crippen LogP contribution is 2.32. The van der Waals surface area contributed by atoms with Crippen molar-refractivity contribution in [1.29, 1.82) is 0 Å². The second-order valence-electron chi connectivity index (χ2n) is 6.22. The predicted molar refractivity (Wildman–Crippen MR) is 105 cm³/mol. The molecule has 0 spiro atoms. The summed E-state index contributed by atoms with van der Waals surface area (Å²) in [6.45, 7) is 0.577. The van der Waals surface area contributed by atoms with Crippen molar-refractivity contribution in [1.82, 2.24) is 5.32 Å². The van der Waals surface area contributed by atoms with Gasteiger partial charge in [0.25, 0.3) is 11.8 Å². The van der Waals surface area contributed by atoms with Crippen LogP contribution in [0.15, 0.2) is 42.5 Å². The molecule has 0 fully saturated rings. The Kier molecular flexibility index (Phi) is 6.48. The number of ether oxygens (including phenoxy) is 3. The van der Waals surface area contributed by atoms with E-state index in [0.29, 0.717) is 28.4 Å². The van der Waals surface area contributed by atoms with Crippen molar-refractivity contribution in [2.75, 3.05) is 30.6 Å². The van der Waals surface area contributed by atoms with Crippen LogP contribution in [0, 0.1) is 0 Å². The second kappa shape index (κ2) is 9.41. The van der Waals surface area contributed by atoms with Crippen LogP contribution < -0.4 is 25.4 Å². The lowest BCUT2D eigenvalue weighted by atomic mass is 10.2. The molecule has 2 aromatic carbocycles. The number of amides is 3. The molecule has 3 N–H and O–H groups in total. The summed E-state index contributed by atoms with van der Waals surface area (Å²) in [6, 6.07) is 11.1. The van der Waals surface area contributed by atoms with Gasteiger partial charge in [-0.1, -0.05) is 0 Å². The van der Waals surface area contributed by atoms with Crippen LogP contribution in [0.5, 0.6) is 11.5 Å². The van der Waals surface area contributed by atoms with E-state index in [1.54, 1.807) is 36.4 Å². The number of carbonyl (C=O) groups is 4. The van der Waals surface area contributed by atoms with Gasteiger partial charge in [-0.2, -0.15) is 0 Å². The van der Waals surface area contributed by atoms with Crippen LogP contribution >= 0.6 is 0 Å². The van der Waals surface area contributed by atoms with Gasteiger partial charge in [-0.05, 0) is 42.5 Å². The summed E-state index contributed by atoms with van der Waals surface area (Å²) in [4.78, 5) is 46.7. The molecule has 0 aliphatic carbocycles. The number of carbonyl (C=O) groups excluding carboxylic acids is 4. The standard InChI is InChI=1S/C20H19N3O7/c1-12(24)22-14-3-5-15(6-4-14)23-18(25)10-28-19(26)9-21-20(27)13-2-7-16-17(8-13)30-11-29-16/h2-8H,9-11H2,1H3,(H,21,27)(H,22,24)(H,23,25). The second-order valence-corrected chi connectivity index (χ2v) is 6.22. The molecular formula is C20H19N3O7. The molecule has 1 aliphatic rings. The molecule has 3 amide bonds. The van der Waals surface area contributed by atoms with E-state index < -0.39 is 30.9 Å². The van der Waals surface area contributed by atoms with E-state index in [1.165, 1.54) is 13.0 Å². The Morgan fingerprint density at radius 1 is 0.933 bits per heavy atom. The minimum absolute atomic E-state index is 0.0915. The van der Waals surface area contributed by atoms with E-state index in [1.807, 2.05) is 0 Å². The van der Waals surface area contributed by atoms with Crippen molar-refractivity contribution >= 4 is 35.1 Å². The molecule has 2 aromatic rings. The summed E-state index contributed by atoms with van der Waals surface area (Å²) in [5.41, 5.74) is 1.36. The molecule has 0 radical (unpaired) electrons. The van der Waals surface area contributed by atoms with Crippen LogP contribution in [0.3, 0.4) is 0 Å². The first-order chi connectivity index (χ1) is 14.4. The molecule has 0 bridgehead atoms.